The summed E-state index contributed by atoms with van der Waals surface area (Å²) in [5.74, 6) is 0.208. The zero-order valence-electron chi connectivity index (χ0n) is 19.2. The minimum Gasteiger partial charge on any atom is -0.368 e. The van der Waals surface area contributed by atoms with E-state index < -0.39 is 11.7 Å². The first-order valence-electron chi connectivity index (χ1n) is 11.8. The van der Waals surface area contributed by atoms with Gasteiger partial charge in [0, 0.05) is 45.7 Å². The van der Waals surface area contributed by atoms with Gasteiger partial charge in [-0.3, -0.25) is 9.69 Å². The third-order valence-electron chi connectivity index (χ3n) is 6.73. The topological polar surface area (TPSA) is 50.6 Å². The molecule has 2 heterocycles. The molecule has 0 spiro atoms. The molecule has 0 aromatic heterocycles. The van der Waals surface area contributed by atoms with Crippen molar-refractivity contribution < 1.29 is 18.0 Å². The van der Waals surface area contributed by atoms with E-state index in [1.165, 1.54) is 17.2 Å². The first kappa shape index (κ1) is 24.1. The third kappa shape index (κ3) is 5.53. The Morgan fingerprint density at radius 1 is 0.912 bits per heavy atom. The highest BCUT2D eigenvalue weighted by atomic mass is 19.4. The molecule has 4 rings (SSSR count). The quantitative estimate of drug-likeness (QED) is 0.546. The van der Waals surface area contributed by atoms with E-state index in [2.05, 4.69) is 17.0 Å². The number of amides is 1. The second kappa shape index (κ2) is 10.5. The highest BCUT2D eigenvalue weighted by Gasteiger charge is 2.35. The summed E-state index contributed by atoms with van der Waals surface area (Å²) < 4.78 is 39.7. The van der Waals surface area contributed by atoms with Crippen molar-refractivity contribution in [3.63, 3.8) is 0 Å². The summed E-state index contributed by atoms with van der Waals surface area (Å²) in [5, 5.41) is 9.35. The van der Waals surface area contributed by atoms with Crippen molar-refractivity contribution >= 4 is 11.6 Å². The minimum atomic E-state index is -4.54. The van der Waals surface area contributed by atoms with Gasteiger partial charge in [-0.15, -0.1) is 0 Å². The second-order valence-electron chi connectivity index (χ2n) is 8.97. The lowest BCUT2D eigenvalue weighted by atomic mass is 10.0. The van der Waals surface area contributed by atoms with Crippen LogP contribution in [0, 0.1) is 11.3 Å². The molecule has 0 saturated carbocycles. The number of nitriles is 1. The van der Waals surface area contributed by atoms with E-state index in [1.807, 2.05) is 21.9 Å². The Balaban J connectivity index is 1.17. The molecule has 0 bridgehead atoms. The fourth-order valence-electron chi connectivity index (χ4n) is 4.83. The monoisotopic (exact) mass is 470 g/mol. The molecule has 1 fully saturated rings. The molecule has 5 nitrogen and oxygen atoms in total. The molecule has 0 atom stereocenters. The summed E-state index contributed by atoms with van der Waals surface area (Å²) in [6.07, 6.45) is -1.15. The predicted octanol–water partition coefficient (Wildman–Crippen LogP) is 4.80. The molecule has 2 aliphatic rings. The number of carbonyl (C=O) groups is 1. The smallest absolute Gasteiger partial charge is 0.368 e. The summed E-state index contributed by atoms with van der Waals surface area (Å²) in [6, 6.07) is 13.9. The van der Waals surface area contributed by atoms with Crippen LogP contribution in [0.15, 0.2) is 42.5 Å². The Kier molecular flexibility index (Phi) is 7.42. The highest BCUT2D eigenvalue weighted by molar-refractivity contribution is 5.76. The van der Waals surface area contributed by atoms with E-state index in [0.717, 1.165) is 45.0 Å². The maximum atomic E-state index is 13.2. The molecule has 2 aromatic rings. The van der Waals surface area contributed by atoms with Gasteiger partial charge in [0.1, 0.15) is 6.07 Å². The average Bonchev–Trinajstić information content (AvgIpc) is 3.27. The van der Waals surface area contributed by atoms with Gasteiger partial charge in [-0.1, -0.05) is 36.8 Å². The molecule has 2 aliphatic heterocycles. The molecular weight excluding hydrogens is 441 g/mol. The van der Waals surface area contributed by atoms with Crippen LogP contribution in [0.1, 0.15) is 47.9 Å². The minimum absolute atomic E-state index is 0.208. The van der Waals surface area contributed by atoms with Gasteiger partial charge < -0.3 is 9.80 Å². The van der Waals surface area contributed by atoms with E-state index in [4.69, 9.17) is 0 Å². The summed E-state index contributed by atoms with van der Waals surface area (Å²) in [7, 11) is 0. The van der Waals surface area contributed by atoms with E-state index in [9.17, 15) is 23.2 Å². The van der Waals surface area contributed by atoms with Crippen LogP contribution in [0.25, 0.3) is 0 Å². The summed E-state index contributed by atoms with van der Waals surface area (Å²) in [5.41, 5.74) is 1.67. The third-order valence-corrected chi connectivity index (χ3v) is 6.73. The predicted molar refractivity (Wildman–Crippen MR) is 124 cm³/mol. The van der Waals surface area contributed by atoms with E-state index in [0.29, 0.717) is 38.3 Å². The number of unbranched alkanes of at least 4 members (excludes halogenated alkanes) is 2. The number of hydrogen-bond acceptors (Lipinski definition) is 4. The Bertz CT molecular complexity index is 1030. The number of carbonyl (C=O) groups excluding carboxylic acids is 1. The Hall–Kier alpha value is -3.05. The van der Waals surface area contributed by atoms with Gasteiger partial charge in [0.05, 0.1) is 16.8 Å². The summed E-state index contributed by atoms with van der Waals surface area (Å²) in [4.78, 5) is 18.6. The molecule has 0 radical (unpaired) electrons. The van der Waals surface area contributed by atoms with Crippen molar-refractivity contribution in [3.05, 3.63) is 64.7 Å². The van der Waals surface area contributed by atoms with Gasteiger partial charge in [0.25, 0.3) is 0 Å². The number of hydrogen-bond donors (Lipinski definition) is 0. The van der Waals surface area contributed by atoms with Gasteiger partial charge in [-0.25, -0.2) is 0 Å². The highest BCUT2D eigenvalue weighted by Crippen LogP contribution is 2.36. The maximum Gasteiger partial charge on any atom is 0.417 e. The van der Waals surface area contributed by atoms with Gasteiger partial charge in [0.15, 0.2) is 0 Å². The Labute approximate surface area is 198 Å². The molecular formula is C26H29F3N4O. The lowest BCUT2D eigenvalue weighted by molar-refractivity contribution is -0.137. The maximum absolute atomic E-state index is 13.2. The van der Waals surface area contributed by atoms with Gasteiger partial charge in [0.2, 0.25) is 5.91 Å². The lowest BCUT2D eigenvalue weighted by Crippen LogP contribution is -2.47. The Morgan fingerprint density at radius 3 is 2.21 bits per heavy atom. The van der Waals surface area contributed by atoms with Crippen LogP contribution >= 0.6 is 0 Å². The van der Waals surface area contributed by atoms with Crippen molar-refractivity contribution in [1.82, 2.24) is 9.80 Å². The molecule has 180 valence electrons. The van der Waals surface area contributed by atoms with Crippen LogP contribution in [-0.4, -0.2) is 48.4 Å². The number of benzene rings is 2. The molecule has 0 N–H and O–H groups in total. The van der Waals surface area contributed by atoms with Crippen LogP contribution in [0.4, 0.5) is 18.9 Å². The zero-order chi connectivity index (χ0) is 24.1. The SMILES string of the molecule is N#Cc1c(N2CCN(CCCCCC(=O)N3Cc4ccccc4C3)CC2)cccc1C(F)(F)F. The van der Waals surface area contributed by atoms with Crippen LogP contribution in [0.3, 0.4) is 0 Å². The van der Waals surface area contributed by atoms with Crippen LogP contribution in [0.5, 0.6) is 0 Å². The zero-order valence-corrected chi connectivity index (χ0v) is 19.2. The Morgan fingerprint density at radius 2 is 1.59 bits per heavy atom. The van der Waals surface area contributed by atoms with Gasteiger partial charge in [-0.05, 0) is 42.6 Å². The van der Waals surface area contributed by atoms with Crippen molar-refractivity contribution in [2.45, 2.75) is 44.9 Å². The molecule has 8 heteroatoms. The van der Waals surface area contributed by atoms with Crippen LogP contribution in [0.2, 0.25) is 0 Å². The van der Waals surface area contributed by atoms with Gasteiger partial charge >= 0.3 is 6.18 Å². The number of alkyl halides is 3. The number of nitrogens with zero attached hydrogens (tertiary/aromatic N) is 4. The first-order chi connectivity index (χ1) is 16.4. The first-order valence-corrected chi connectivity index (χ1v) is 11.8. The standard InChI is InChI=1S/C26H29F3N4O/c27-26(28,29)23-9-6-10-24(22(23)17-30)32-15-13-31(14-16-32)12-5-1-2-11-25(34)33-18-20-7-3-4-8-21(20)19-33/h3-4,6-10H,1-2,5,11-16,18-19H2. The van der Waals surface area contributed by atoms with Gasteiger partial charge in [-0.2, -0.15) is 18.4 Å². The van der Waals surface area contributed by atoms with E-state index in [1.54, 1.807) is 12.1 Å². The van der Waals surface area contributed by atoms with Crippen LogP contribution < -0.4 is 4.90 Å². The summed E-state index contributed by atoms with van der Waals surface area (Å²) >= 11 is 0. The lowest BCUT2D eigenvalue weighted by Gasteiger charge is -2.36. The number of fused-ring (bicyclic) bond motifs is 1. The molecule has 0 unspecified atom stereocenters. The number of anilines is 1. The normalized spacial score (nSPS) is 16.4. The van der Waals surface area contributed by atoms with Crippen molar-refractivity contribution in [2.75, 3.05) is 37.6 Å². The van der Waals surface area contributed by atoms with Crippen LogP contribution in [-0.2, 0) is 24.1 Å². The second-order valence-corrected chi connectivity index (χ2v) is 8.97. The number of halogens is 3. The largest absolute Gasteiger partial charge is 0.417 e. The molecule has 0 aliphatic carbocycles. The molecule has 34 heavy (non-hydrogen) atoms. The average molecular weight is 471 g/mol. The molecule has 1 amide bonds. The van der Waals surface area contributed by atoms with Crippen molar-refractivity contribution in [1.29, 1.82) is 5.26 Å². The fourth-order valence-corrected chi connectivity index (χ4v) is 4.83. The molecule has 1 saturated heterocycles. The summed E-state index contributed by atoms with van der Waals surface area (Å²) in [6.45, 7) is 4.98. The van der Waals surface area contributed by atoms with Crippen molar-refractivity contribution in [2.24, 2.45) is 0 Å². The van der Waals surface area contributed by atoms with E-state index in [-0.39, 0.29) is 11.5 Å². The van der Waals surface area contributed by atoms with Crippen molar-refractivity contribution in [3.8, 4) is 6.07 Å². The number of rotatable bonds is 7. The van der Waals surface area contributed by atoms with E-state index >= 15 is 0 Å². The molecule has 2 aromatic carbocycles. The fraction of sp³-hybridized carbons (Fsp3) is 0.462. The number of piperazine rings is 1.